The van der Waals surface area contributed by atoms with E-state index in [0.29, 0.717) is 5.92 Å². The number of hydrogen-bond acceptors (Lipinski definition) is 2. The van der Waals surface area contributed by atoms with Gasteiger partial charge in [-0.2, -0.15) is 5.10 Å². The van der Waals surface area contributed by atoms with Crippen LogP contribution < -0.4 is 0 Å². The minimum Gasteiger partial charge on any atom is -0.393 e. The van der Waals surface area contributed by atoms with Crippen LogP contribution in [0.5, 0.6) is 0 Å². The van der Waals surface area contributed by atoms with E-state index in [1.807, 2.05) is 18.7 Å². The lowest BCUT2D eigenvalue weighted by molar-refractivity contribution is 0.144. The molecular weight excluding hydrogens is 200 g/mol. The molecule has 0 radical (unpaired) electrons. The molecule has 0 spiro atoms. The van der Waals surface area contributed by atoms with Crippen molar-refractivity contribution in [3.63, 3.8) is 0 Å². The summed E-state index contributed by atoms with van der Waals surface area (Å²) in [5.41, 5.74) is 3.42. The summed E-state index contributed by atoms with van der Waals surface area (Å²) in [7, 11) is 1.95. The molecule has 0 saturated carbocycles. The fourth-order valence-electron chi connectivity index (χ4n) is 2.06. The summed E-state index contributed by atoms with van der Waals surface area (Å²) in [6.07, 6.45) is 2.50. The maximum absolute atomic E-state index is 10.0. The van der Waals surface area contributed by atoms with Gasteiger partial charge in [-0.3, -0.25) is 4.68 Å². The Kier molecular flexibility index (Phi) is 4.54. The lowest BCUT2D eigenvalue weighted by Crippen LogP contribution is -2.15. The highest BCUT2D eigenvalue weighted by molar-refractivity contribution is 5.25. The van der Waals surface area contributed by atoms with E-state index in [9.17, 15) is 5.11 Å². The van der Waals surface area contributed by atoms with Gasteiger partial charge >= 0.3 is 0 Å². The normalized spacial score (nSPS) is 15.1. The quantitative estimate of drug-likeness (QED) is 0.834. The lowest BCUT2D eigenvalue weighted by atomic mass is 9.96. The van der Waals surface area contributed by atoms with Crippen molar-refractivity contribution in [2.45, 2.75) is 53.1 Å². The van der Waals surface area contributed by atoms with Crippen LogP contribution in [-0.2, 0) is 13.5 Å². The summed E-state index contributed by atoms with van der Waals surface area (Å²) in [4.78, 5) is 0. The van der Waals surface area contributed by atoms with E-state index in [0.717, 1.165) is 25.0 Å². The summed E-state index contributed by atoms with van der Waals surface area (Å²) < 4.78 is 1.89. The second kappa shape index (κ2) is 5.48. The van der Waals surface area contributed by atoms with E-state index in [1.165, 1.54) is 11.3 Å². The molecule has 1 heterocycles. The summed E-state index contributed by atoms with van der Waals surface area (Å²) in [6, 6.07) is 0. The Morgan fingerprint density at radius 2 is 2.00 bits per heavy atom. The molecule has 1 aromatic rings. The third-order valence-electron chi connectivity index (χ3n) is 3.47. The SMILES string of the molecule is CCC(C)CC(O)Cc1c(C)nn(C)c1C. The first-order chi connectivity index (χ1) is 7.45. The molecule has 0 aromatic carbocycles. The Morgan fingerprint density at radius 3 is 2.44 bits per heavy atom. The van der Waals surface area contributed by atoms with Gasteiger partial charge in [0.1, 0.15) is 0 Å². The molecule has 2 atom stereocenters. The van der Waals surface area contributed by atoms with Crippen molar-refractivity contribution >= 4 is 0 Å². The van der Waals surface area contributed by atoms with Crippen LogP contribution in [0.3, 0.4) is 0 Å². The van der Waals surface area contributed by atoms with Crippen LogP contribution in [0, 0.1) is 19.8 Å². The van der Waals surface area contributed by atoms with Crippen LogP contribution in [0.4, 0.5) is 0 Å². The van der Waals surface area contributed by atoms with E-state index in [4.69, 9.17) is 0 Å². The maximum Gasteiger partial charge on any atom is 0.0629 e. The lowest BCUT2D eigenvalue weighted by Gasteiger charge is -2.15. The fourth-order valence-corrected chi connectivity index (χ4v) is 2.06. The summed E-state index contributed by atoms with van der Waals surface area (Å²) in [5, 5.41) is 14.4. The predicted octanol–water partition coefficient (Wildman–Crippen LogP) is 2.38. The number of aliphatic hydroxyl groups excluding tert-OH is 1. The maximum atomic E-state index is 10.0. The van der Waals surface area contributed by atoms with Gasteiger partial charge in [-0.25, -0.2) is 0 Å². The molecule has 0 aliphatic heterocycles. The van der Waals surface area contributed by atoms with Gasteiger partial charge in [0.25, 0.3) is 0 Å². The van der Waals surface area contributed by atoms with Gasteiger partial charge in [0.2, 0.25) is 0 Å². The highest BCUT2D eigenvalue weighted by atomic mass is 16.3. The van der Waals surface area contributed by atoms with Crippen molar-refractivity contribution in [1.82, 2.24) is 9.78 Å². The molecule has 3 heteroatoms. The second-order valence-corrected chi connectivity index (χ2v) is 4.88. The van der Waals surface area contributed by atoms with Crippen molar-refractivity contribution in [2.24, 2.45) is 13.0 Å². The molecule has 3 nitrogen and oxygen atoms in total. The highest BCUT2D eigenvalue weighted by Gasteiger charge is 2.15. The smallest absolute Gasteiger partial charge is 0.0629 e. The number of nitrogens with zero attached hydrogens (tertiary/aromatic N) is 2. The molecule has 0 amide bonds. The van der Waals surface area contributed by atoms with Gasteiger partial charge in [0.15, 0.2) is 0 Å². The zero-order valence-corrected chi connectivity index (χ0v) is 11.1. The molecule has 0 aliphatic carbocycles. The van der Waals surface area contributed by atoms with Crippen LogP contribution >= 0.6 is 0 Å². The third kappa shape index (κ3) is 3.08. The third-order valence-corrected chi connectivity index (χ3v) is 3.47. The average Bonchev–Trinajstić information content (AvgIpc) is 2.45. The first kappa shape index (κ1) is 13.2. The van der Waals surface area contributed by atoms with Crippen LogP contribution in [0.1, 0.15) is 43.6 Å². The summed E-state index contributed by atoms with van der Waals surface area (Å²) in [6.45, 7) is 8.42. The molecule has 0 saturated heterocycles. The topological polar surface area (TPSA) is 38.1 Å². The Labute approximate surface area is 98.5 Å². The van der Waals surface area contributed by atoms with Gasteiger partial charge in [-0.15, -0.1) is 0 Å². The zero-order valence-electron chi connectivity index (χ0n) is 11.1. The van der Waals surface area contributed by atoms with E-state index in [-0.39, 0.29) is 6.10 Å². The highest BCUT2D eigenvalue weighted by Crippen LogP contribution is 2.18. The van der Waals surface area contributed by atoms with Gasteiger partial charge in [-0.05, 0) is 31.7 Å². The minimum absolute atomic E-state index is 0.239. The molecule has 16 heavy (non-hydrogen) atoms. The predicted molar refractivity (Wildman–Crippen MR) is 66.5 cm³/mol. The number of aliphatic hydroxyl groups is 1. The standard InChI is InChI=1S/C13H24N2O/c1-6-9(2)7-12(16)8-13-10(3)14-15(5)11(13)4/h9,12,16H,6-8H2,1-5H3. The van der Waals surface area contributed by atoms with E-state index >= 15 is 0 Å². The van der Waals surface area contributed by atoms with Crippen LogP contribution in [0.15, 0.2) is 0 Å². The van der Waals surface area contributed by atoms with Gasteiger partial charge < -0.3 is 5.11 Å². The number of hydrogen-bond donors (Lipinski definition) is 1. The molecule has 0 bridgehead atoms. The van der Waals surface area contributed by atoms with Gasteiger partial charge in [-0.1, -0.05) is 20.3 Å². The van der Waals surface area contributed by atoms with E-state index in [2.05, 4.69) is 25.9 Å². The largest absolute Gasteiger partial charge is 0.393 e. The Balaban J connectivity index is 2.65. The molecule has 1 rings (SSSR count). The van der Waals surface area contributed by atoms with Crippen LogP contribution in [0.2, 0.25) is 0 Å². The summed E-state index contributed by atoms with van der Waals surface area (Å²) >= 11 is 0. The van der Waals surface area contributed by atoms with E-state index in [1.54, 1.807) is 0 Å². The number of aryl methyl sites for hydroxylation is 2. The van der Waals surface area contributed by atoms with Crippen molar-refractivity contribution < 1.29 is 5.11 Å². The Hall–Kier alpha value is -0.830. The zero-order chi connectivity index (χ0) is 12.3. The van der Waals surface area contributed by atoms with Crippen LogP contribution in [-0.4, -0.2) is 21.0 Å². The van der Waals surface area contributed by atoms with Gasteiger partial charge in [0, 0.05) is 19.2 Å². The Bertz CT molecular complexity index is 344. The van der Waals surface area contributed by atoms with Crippen molar-refractivity contribution in [3.8, 4) is 0 Å². The van der Waals surface area contributed by atoms with Crippen molar-refractivity contribution in [1.29, 1.82) is 0 Å². The molecule has 2 unspecified atom stereocenters. The molecule has 92 valence electrons. The first-order valence-corrected chi connectivity index (χ1v) is 6.12. The molecule has 1 aromatic heterocycles. The number of aromatic nitrogens is 2. The molecule has 0 aliphatic rings. The minimum atomic E-state index is -0.239. The first-order valence-electron chi connectivity index (χ1n) is 6.12. The molecule has 1 N–H and O–H groups in total. The Morgan fingerprint density at radius 1 is 1.38 bits per heavy atom. The van der Waals surface area contributed by atoms with Crippen molar-refractivity contribution in [3.05, 3.63) is 17.0 Å². The van der Waals surface area contributed by atoms with Crippen LogP contribution in [0.25, 0.3) is 0 Å². The average molecular weight is 224 g/mol. The van der Waals surface area contributed by atoms with Crippen molar-refractivity contribution in [2.75, 3.05) is 0 Å². The fraction of sp³-hybridized carbons (Fsp3) is 0.769. The van der Waals surface area contributed by atoms with E-state index < -0.39 is 0 Å². The van der Waals surface area contributed by atoms with Gasteiger partial charge in [0.05, 0.1) is 11.8 Å². The number of rotatable bonds is 5. The molecular formula is C13H24N2O. The monoisotopic (exact) mass is 224 g/mol. The second-order valence-electron chi connectivity index (χ2n) is 4.88. The molecule has 0 fully saturated rings. The summed E-state index contributed by atoms with van der Waals surface area (Å²) in [5.74, 6) is 0.590.